The van der Waals surface area contributed by atoms with Gasteiger partial charge in [0.1, 0.15) is 5.75 Å². The van der Waals surface area contributed by atoms with Gasteiger partial charge in [0.05, 0.1) is 5.69 Å². The Balaban J connectivity index is 0.898. The van der Waals surface area contributed by atoms with Gasteiger partial charge in [0.15, 0.2) is 5.75 Å². The van der Waals surface area contributed by atoms with Crippen molar-refractivity contribution in [2.45, 2.75) is 0 Å². The van der Waals surface area contributed by atoms with E-state index in [9.17, 15) is 0 Å². The molecule has 0 atom stereocenters. The summed E-state index contributed by atoms with van der Waals surface area (Å²) in [6, 6.07) is 86.1. The SMILES string of the molecule is c1ccc(N(c2ccccc2)c2ccc(-c3ccc(-c4ccc(-c5ccc6cccc7c6c5Oc5c-7cccc5N(c5ccccc5)c5ccccc5)cc4)cc3)cc2)cc1. The molecule has 0 saturated carbocycles. The number of nitrogens with zero attached hydrogens (tertiary/aromatic N) is 2. The van der Waals surface area contributed by atoms with Gasteiger partial charge in [-0.3, -0.25) is 0 Å². The number of hydrogen-bond acceptors (Lipinski definition) is 3. The monoisotopic (exact) mass is 780 g/mol. The molecule has 10 aromatic rings. The van der Waals surface area contributed by atoms with Crippen LogP contribution in [0.4, 0.5) is 34.1 Å². The third-order valence-electron chi connectivity index (χ3n) is 11.7. The largest absolute Gasteiger partial charge is 0.453 e. The van der Waals surface area contributed by atoms with E-state index in [0.717, 1.165) is 78.6 Å². The van der Waals surface area contributed by atoms with Gasteiger partial charge >= 0.3 is 0 Å². The Hall–Kier alpha value is -8.14. The van der Waals surface area contributed by atoms with Crippen LogP contribution in [0, 0.1) is 0 Å². The molecule has 0 unspecified atom stereocenters. The van der Waals surface area contributed by atoms with Crippen molar-refractivity contribution in [3.05, 3.63) is 243 Å². The number of ether oxygens (including phenoxy) is 1. The first-order valence-corrected chi connectivity index (χ1v) is 20.8. The predicted octanol–water partition coefficient (Wildman–Crippen LogP) is 16.6. The normalized spacial score (nSPS) is 11.4. The zero-order valence-electron chi connectivity index (χ0n) is 33.4. The molecule has 61 heavy (non-hydrogen) atoms. The molecule has 0 aromatic heterocycles. The summed E-state index contributed by atoms with van der Waals surface area (Å²) in [6.07, 6.45) is 0. The number of para-hydroxylation sites is 5. The van der Waals surface area contributed by atoms with E-state index in [0.29, 0.717) is 0 Å². The Kier molecular flexibility index (Phi) is 9.18. The Labute approximate surface area is 356 Å². The third-order valence-corrected chi connectivity index (χ3v) is 11.7. The summed E-state index contributed by atoms with van der Waals surface area (Å²) >= 11 is 0. The van der Waals surface area contributed by atoms with E-state index in [4.69, 9.17) is 4.74 Å². The lowest BCUT2D eigenvalue weighted by Crippen LogP contribution is -2.12. The smallest absolute Gasteiger partial charge is 0.159 e. The van der Waals surface area contributed by atoms with Crippen molar-refractivity contribution >= 4 is 44.9 Å². The summed E-state index contributed by atoms with van der Waals surface area (Å²) in [5.41, 5.74) is 15.6. The van der Waals surface area contributed by atoms with E-state index in [1.807, 2.05) is 0 Å². The molecular weight excluding hydrogens is 741 g/mol. The predicted molar refractivity (Wildman–Crippen MR) is 255 cm³/mol. The minimum atomic E-state index is 0.846. The molecule has 0 radical (unpaired) electrons. The van der Waals surface area contributed by atoms with Crippen molar-refractivity contribution in [1.29, 1.82) is 0 Å². The zero-order chi connectivity index (χ0) is 40.5. The molecule has 1 aliphatic heterocycles. The van der Waals surface area contributed by atoms with Crippen molar-refractivity contribution in [1.82, 2.24) is 0 Å². The molecule has 0 aliphatic carbocycles. The molecule has 3 heteroatoms. The van der Waals surface area contributed by atoms with Crippen molar-refractivity contribution in [3.63, 3.8) is 0 Å². The molecule has 1 aliphatic rings. The Morgan fingerprint density at radius 1 is 0.246 bits per heavy atom. The Morgan fingerprint density at radius 2 is 0.656 bits per heavy atom. The molecule has 11 rings (SSSR count). The summed E-state index contributed by atoms with van der Waals surface area (Å²) in [5.74, 6) is 1.73. The number of rotatable bonds is 9. The van der Waals surface area contributed by atoms with Crippen molar-refractivity contribution < 1.29 is 4.74 Å². The molecule has 0 amide bonds. The Morgan fingerprint density at radius 3 is 1.16 bits per heavy atom. The van der Waals surface area contributed by atoms with Crippen LogP contribution >= 0.6 is 0 Å². The van der Waals surface area contributed by atoms with Crippen LogP contribution < -0.4 is 14.5 Å². The van der Waals surface area contributed by atoms with Gasteiger partial charge in [0.25, 0.3) is 0 Å². The van der Waals surface area contributed by atoms with Crippen LogP contribution in [-0.4, -0.2) is 0 Å². The molecule has 288 valence electrons. The third kappa shape index (κ3) is 6.69. The van der Waals surface area contributed by atoms with Crippen LogP contribution in [0.3, 0.4) is 0 Å². The quantitative estimate of drug-likeness (QED) is 0.145. The first-order valence-electron chi connectivity index (χ1n) is 20.8. The van der Waals surface area contributed by atoms with Crippen LogP contribution in [0.5, 0.6) is 11.5 Å². The second-order valence-electron chi connectivity index (χ2n) is 15.3. The van der Waals surface area contributed by atoms with Gasteiger partial charge in [0.2, 0.25) is 0 Å². The van der Waals surface area contributed by atoms with Crippen molar-refractivity contribution in [2.75, 3.05) is 9.80 Å². The lowest BCUT2D eigenvalue weighted by Gasteiger charge is -2.31. The lowest BCUT2D eigenvalue weighted by atomic mass is 9.90. The van der Waals surface area contributed by atoms with E-state index >= 15 is 0 Å². The van der Waals surface area contributed by atoms with Gasteiger partial charge < -0.3 is 14.5 Å². The summed E-state index contributed by atoms with van der Waals surface area (Å²) in [4.78, 5) is 4.57. The van der Waals surface area contributed by atoms with E-state index < -0.39 is 0 Å². The van der Waals surface area contributed by atoms with Crippen molar-refractivity contribution in [3.8, 4) is 56.0 Å². The van der Waals surface area contributed by atoms with Crippen molar-refractivity contribution in [2.24, 2.45) is 0 Å². The fourth-order valence-electron chi connectivity index (χ4n) is 8.71. The van der Waals surface area contributed by atoms with Crippen LogP contribution in [0.2, 0.25) is 0 Å². The van der Waals surface area contributed by atoms with Gasteiger partial charge in [-0.05, 0) is 112 Å². The molecule has 10 aromatic carbocycles. The highest BCUT2D eigenvalue weighted by molar-refractivity contribution is 6.09. The number of anilines is 6. The maximum absolute atomic E-state index is 7.18. The summed E-state index contributed by atoms with van der Waals surface area (Å²) in [7, 11) is 0. The minimum Gasteiger partial charge on any atom is -0.453 e. The van der Waals surface area contributed by atoms with Crippen LogP contribution in [0.1, 0.15) is 0 Å². The number of hydrogen-bond donors (Lipinski definition) is 0. The summed E-state index contributed by atoms with van der Waals surface area (Å²) in [6.45, 7) is 0. The fraction of sp³-hybridized carbons (Fsp3) is 0. The number of benzene rings is 10. The Bertz CT molecular complexity index is 3030. The van der Waals surface area contributed by atoms with Gasteiger partial charge in [-0.25, -0.2) is 0 Å². The topological polar surface area (TPSA) is 15.7 Å². The standard InChI is InChI=1S/C58H40N2O/c1-5-16-47(17-6-1)59(48-18-7-2-8-19-48)51-38-35-44(36-39-51)42-29-27-41(28-30-42)43-31-33-45(34-32-43)52-40-37-46-15-13-24-53-54-25-14-26-55(57(54)61-58(52)56(46)53)60(49-20-9-3-10-21-49)50-22-11-4-12-23-50/h1-40H. The van der Waals surface area contributed by atoms with Gasteiger partial charge in [-0.1, -0.05) is 170 Å². The van der Waals surface area contributed by atoms with Crippen LogP contribution in [0.15, 0.2) is 243 Å². The zero-order valence-corrected chi connectivity index (χ0v) is 33.4. The van der Waals surface area contributed by atoms with E-state index in [1.54, 1.807) is 0 Å². The molecule has 0 spiro atoms. The molecule has 0 bridgehead atoms. The molecule has 3 nitrogen and oxygen atoms in total. The van der Waals surface area contributed by atoms with E-state index in [1.165, 1.54) is 22.3 Å². The average molecular weight is 781 g/mol. The first kappa shape index (κ1) is 36.0. The second kappa shape index (κ2) is 15.6. The van der Waals surface area contributed by atoms with E-state index in [-0.39, 0.29) is 0 Å². The van der Waals surface area contributed by atoms with E-state index in [2.05, 4.69) is 252 Å². The average Bonchev–Trinajstić information content (AvgIpc) is 3.34. The molecule has 1 heterocycles. The molecule has 0 fully saturated rings. The summed E-state index contributed by atoms with van der Waals surface area (Å²) in [5, 5.41) is 2.29. The highest BCUT2D eigenvalue weighted by Crippen LogP contribution is 2.55. The van der Waals surface area contributed by atoms with Crippen LogP contribution in [-0.2, 0) is 0 Å². The van der Waals surface area contributed by atoms with Gasteiger partial charge in [-0.2, -0.15) is 0 Å². The lowest BCUT2D eigenvalue weighted by molar-refractivity contribution is 0.490. The molecule has 0 saturated heterocycles. The first-order chi connectivity index (χ1) is 30.3. The summed E-state index contributed by atoms with van der Waals surface area (Å²) < 4.78 is 7.18. The maximum atomic E-state index is 7.18. The maximum Gasteiger partial charge on any atom is 0.159 e. The van der Waals surface area contributed by atoms with Gasteiger partial charge in [0, 0.05) is 45.0 Å². The fourth-order valence-corrected chi connectivity index (χ4v) is 8.71. The van der Waals surface area contributed by atoms with Gasteiger partial charge in [-0.15, -0.1) is 0 Å². The highest BCUT2D eigenvalue weighted by atomic mass is 16.5. The minimum absolute atomic E-state index is 0.846. The molecule has 0 N–H and O–H groups in total. The highest BCUT2D eigenvalue weighted by Gasteiger charge is 2.28. The number of fused-ring (bicyclic) bond motifs is 2. The molecular formula is C58H40N2O. The second-order valence-corrected chi connectivity index (χ2v) is 15.3. The van der Waals surface area contributed by atoms with Crippen LogP contribution in [0.25, 0.3) is 55.3 Å².